The van der Waals surface area contributed by atoms with Crippen molar-refractivity contribution in [3.05, 3.63) is 44.3 Å². The Hall–Kier alpha value is -0.850. The van der Waals surface area contributed by atoms with Gasteiger partial charge < -0.3 is 9.88 Å². The van der Waals surface area contributed by atoms with Gasteiger partial charge in [-0.3, -0.25) is 4.79 Å². The third kappa shape index (κ3) is 3.42. The molecule has 0 aliphatic rings. The first-order chi connectivity index (χ1) is 9.38. The lowest BCUT2D eigenvalue weighted by Gasteiger charge is -2.13. The molecule has 7 heteroatoms. The third-order valence-corrected chi connectivity index (χ3v) is 3.83. The predicted octanol–water partition coefficient (Wildman–Crippen LogP) is 4.89. The Morgan fingerprint density at radius 1 is 1.35 bits per heavy atom. The number of carbonyl (C=O) groups excluding carboxylic acids is 1. The molecule has 2 heterocycles. The first-order valence-electron chi connectivity index (χ1n) is 5.88. The predicted molar refractivity (Wildman–Crippen MR) is 87.4 cm³/mol. The summed E-state index contributed by atoms with van der Waals surface area (Å²) in [5.74, 6) is -0.230. The maximum absolute atomic E-state index is 12.4. The summed E-state index contributed by atoms with van der Waals surface area (Å²) in [7, 11) is 0. The normalized spacial score (nSPS) is 10.9. The number of hydrogen-bond acceptors (Lipinski definition) is 2. The Kier molecular flexibility index (Phi) is 4.88. The number of nitrogens with zero attached hydrogens (tertiary/aromatic N) is 2. The second-order valence-electron chi connectivity index (χ2n) is 4.49. The summed E-state index contributed by atoms with van der Waals surface area (Å²) in [5.41, 5.74) is 1.03. The summed E-state index contributed by atoms with van der Waals surface area (Å²) in [4.78, 5) is 16.3. The van der Waals surface area contributed by atoms with Crippen molar-refractivity contribution in [2.24, 2.45) is 0 Å². The SMILES string of the molecule is CC(C)n1cc(Br)cc1C(=O)Nc1cc(Br)cnc1Cl. The third-order valence-electron chi connectivity index (χ3n) is 2.66. The molecule has 0 atom stereocenters. The first kappa shape index (κ1) is 15.5. The van der Waals surface area contributed by atoms with E-state index in [0.29, 0.717) is 11.4 Å². The van der Waals surface area contributed by atoms with E-state index < -0.39 is 0 Å². The van der Waals surface area contributed by atoms with Crippen LogP contribution >= 0.6 is 43.5 Å². The molecule has 0 bridgehead atoms. The summed E-state index contributed by atoms with van der Waals surface area (Å²) < 4.78 is 3.49. The Morgan fingerprint density at radius 2 is 2.05 bits per heavy atom. The molecule has 1 amide bonds. The summed E-state index contributed by atoms with van der Waals surface area (Å²) >= 11 is 12.7. The largest absolute Gasteiger partial charge is 0.340 e. The molecule has 0 radical (unpaired) electrons. The Labute approximate surface area is 138 Å². The lowest BCUT2D eigenvalue weighted by atomic mass is 10.3. The van der Waals surface area contributed by atoms with Crippen LogP contribution in [0.2, 0.25) is 5.15 Å². The number of pyridine rings is 1. The van der Waals surface area contributed by atoms with E-state index in [9.17, 15) is 4.79 Å². The summed E-state index contributed by atoms with van der Waals surface area (Å²) in [6, 6.07) is 3.66. The van der Waals surface area contributed by atoms with Gasteiger partial charge in [-0.15, -0.1) is 0 Å². The Balaban J connectivity index is 2.31. The number of halogens is 3. The van der Waals surface area contributed by atoms with Crippen molar-refractivity contribution in [2.75, 3.05) is 5.32 Å². The van der Waals surface area contributed by atoms with Crippen LogP contribution < -0.4 is 5.32 Å². The van der Waals surface area contributed by atoms with Gasteiger partial charge in [0.15, 0.2) is 5.15 Å². The zero-order chi connectivity index (χ0) is 14.9. The highest BCUT2D eigenvalue weighted by Crippen LogP contribution is 2.25. The van der Waals surface area contributed by atoms with Crippen molar-refractivity contribution < 1.29 is 4.79 Å². The smallest absolute Gasteiger partial charge is 0.272 e. The van der Waals surface area contributed by atoms with Crippen molar-refractivity contribution in [2.45, 2.75) is 19.9 Å². The summed E-state index contributed by atoms with van der Waals surface area (Å²) in [6.07, 6.45) is 3.45. The van der Waals surface area contributed by atoms with E-state index in [-0.39, 0.29) is 17.1 Å². The van der Waals surface area contributed by atoms with Crippen LogP contribution in [0.3, 0.4) is 0 Å². The Morgan fingerprint density at radius 3 is 2.70 bits per heavy atom. The van der Waals surface area contributed by atoms with Crippen LogP contribution in [0.25, 0.3) is 0 Å². The molecule has 0 aliphatic heterocycles. The van der Waals surface area contributed by atoms with E-state index in [1.165, 1.54) is 0 Å². The van der Waals surface area contributed by atoms with Gasteiger partial charge in [-0.05, 0) is 57.8 Å². The average molecular weight is 422 g/mol. The molecule has 0 fully saturated rings. The van der Waals surface area contributed by atoms with Gasteiger partial charge in [-0.2, -0.15) is 0 Å². The van der Waals surface area contributed by atoms with Crippen LogP contribution in [0.4, 0.5) is 5.69 Å². The minimum atomic E-state index is -0.230. The van der Waals surface area contributed by atoms with E-state index in [1.807, 2.05) is 24.6 Å². The van der Waals surface area contributed by atoms with Gasteiger partial charge in [0.25, 0.3) is 5.91 Å². The second kappa shape index (κ2) is 6.28. The van der Waals surface area contributed by atoms with E-state index in [1.54, 1.807) is 18.3 Å². The van der Waals surface area contributed by atoms with E-state index in [0.717, 1.165) is 8.95 Å². The number of aromatic nitrogens is 2. The molecule has 4 nitrogen and oxygen atoms in total. The molecule has 1 N–H and O–H groups in total. The Bertz CT molecular complexity index is 655. The topological polar surface area (TPSA) is 46.9 Å². The maximum Gasteiger partial charge on any atom is 0.272 e. The molecular weight excluding hydrogens is 409 g/mol. The molecule has 0 saturated carbocycles. The highest BCUT2D eigenvalue weighted by atomic mass is 79.9. The van der Waals surface area contributed by atoms with Gasteiger partial charge in [0.1, 0.15) is 5.69 Å². The van der Waals surface area contributed by atoms with Crippen LogP contribution in [0.1, 0.15) is 30.4 Å². The molecular formula is C13H12Br2ClN3O. The standard InChI is InChI=1S/C13H12Br2ClN3O/c1-7(2)19-6-9(15)4-11(19)13(20)18-10-3-8(14)5-17-12(10)16/h3-7H,1-2H3,(H,18,20). The molecule has 0 saturated heterocycles. The van der Waals surface area contributed by atoms with Gasteiger partial charge in [0.2, 0.25) is 0 Å². The van der Waals surface area contributed by atoms with Crippen LogP contribution in [0, 0.1) is 0 Å². The lowest BCUT2D eigenvalue weighted by Crippen LogP contribution is -2.18. The maximum atomic E-state index is 12.4. The van der Waals surface area contributed by atoms with Gasteiger partial charge >= 0.3 is 0 Å². The fourth-order valence-corrected chi connectivity index (χ4v) is 2.67. The van der Waals surface area contributed by atoms with Gasteiger partial charge in [-0.1, -0.05) is 11.6 Å². The van der Waals surface area contributed by atoms with Crippen LogP contribution in [-0.4, -0.2) is 15.5 Å². The molecule has 0 aromatic carbocycles. The van der Waals surface area contributed by atoms with E-state index in [4.69, 9.17) is 11.6 Å². The lowest BCUT2D eigenvalue weighted by molar-refractivity contribution is 0.101. The molecule has 2 aromatic heterocycles. The zero-order valence-corrected chi connectivity index (χ0v) is 14.8. The number of anilines is 1. The average Bonchev–Trinajstić information content (AvgIpc) is 2.76. The first-order valence-corrected chi connectivity index (χ1v) is 7.84. The van der Waals surface area contributed by atoms with Crippen LogP contribution in [0.5, 0.6) is 0 Å². The summed E-state index contributed by atoms with van der Waals surface area (Å²) in [6.45, 7) is 4.02. The van der Waals surface area contributed by atoms with Crippen molar-refractivity contribution in [1.29, 1.82) is 0 Å². The molecule has 20 heavy (non-hydrogen) atoms. The number of nitrogens with one attached hydrogen (secondary N) is 1. The molecule has 0 aliphatic carbocycles. The molecule has 2 aromatic rings. The van der Waals surface area contributed by atoms with E-state index >= 15 is 0 Å². The van der Waals surface area contributed by atoms with Crippen LogP contribution in [-0.2, 0) is 0 Å². The van der Waals surface area contributed by atoms with Crippen LogP contribution in [0.15, 0.2) is 33.5 Å². The van der Waals surface area contributed by atoms with Gasteiger partial charge in [0, 0.05) is 27.4 Å². The fourth-order valence-electron chi connectivity index (χ4n) is 1.75. The number of amides is 1. The summed E-state index contributed by atoms with van der Waals surface area (Å²) in [5, 5.41) is 3.02. The van der Waals surface area contributed by atoms with Gasteiger partial charge in [0.05, 0.1) is 5.69 Å². The van der Waals surface area contributed by atoms with Crippen molar-refractivity contribution in [3.8, 4) is 0 Å². The van der Waals surface area contributed by atoms with Gasteiger partial charge in [-0.25, -0.2) is 4.98 Å². The fraction of sp³-hybridized carbons (Fsp3) is 0.231. The minimum absolute atomic E-state index is 0.179. The van der Waals surface area contributed by atoms with Crippen molar-refractivity contribution >= 4 is 55.1 Å². The quantitative estimate of drug-likeness (QED) is 0.717. The number of hydrogen-bond donors (Lipinski definition) is 1. The minimum Gasteiger partial charge on any atom is -0.340 e. The van der Waals surface area contributed by atoms with E-state index in [2.05, 4.69) is 42.2 Å². The molecule has 2 rings (SSSR count). The zero-order valence-electron chi connectivity index (χ0n) is 10.8. The molecule has 106 valence electrons. The van der Waals surface area contributed by atoms with Crippen molar-refractivity contribution in [1.82, 2.24) is 9.55 Å². The number of rotatable bonds is 3. The highest BCUT2D eigenvalue weighted by Gasteiger charge is 2.16. The highest BCUT2D eigenvalue weighted by molar-refractivity contribution is 9.10. The molecule has 0 spiro atoms. The molecule has 0 unspecified atom stereocenters. The second-order valence-corrected chi connectivity index (χ2v) is 6.68. The monoisotopic (exact) mass is 419 g/mol. The number of carbonyl (C=O) groups is 1. The van der Waals surface area contributed by atoms with Crippen molar-refractivity contribution in [3.63, 3.8) is 0 Å².